The first-order valence-corrected chi connectivity index (χ1v) is 7.42. The normalized spacial score (nSPS) is 42.7. The predicted octanol–water partition coefficient (Wildman–Crippen LogP) is -0.336. The van der Waals surface area contributed by atoms with Crippen molar-refractivity contribution >= 4 is 11.9 Å². The van der Waals surface area contributed by atoms with Crippen LogP contribution in [0.3, 0.4) is 0 Å². The van der Waals surface area contributed by atoms with Crippen LogP contribution >= 0.6 is 0 Å². The zero-order valence-corrected chi connectivity index (χ0v) is 11.6. The minimum atomic E-state index is -0.472. The van der Waals surface area contributed by atoms with Gasteiger partial charge in [-0.1, -0.05) is 0 Å². The lowest BCUT2D eigenvalue weighted by Gasteiger charge is -2.26. The summed E-state index contributed by atoms with van der Waals surface area (Å²) in [6.07, 6.45) is 1.31. The molecule has 0 bridgehead atoms. The van der Waals surface area contributed by atoms with Gasteiger partial charge in [0, 0.05) is 0 Å². The molecule has 7 heteroatoms. The zero-order valence-electron chi connectivity index (χ0n) is 11.6. The average molecular weight is 298 g/mol. The number of hydrogen-bond acceptors (Lipinski definition) is 7. The van der Waals surface area contributed by atoms with E-state index in [-0.39, 0.29) is 49.6 Å². The molecular weight excluding hydrogens is 280 g/mol. The number of ether oxygens (including phenoxy) is 5. The number of esters is 2. The maximum absolute atomic E-state index is 12.2. The number of carbonyl (C=O) groups is 2. The fraction of sp³-hybridized carbons (Fsp3) is 0.857. The van der Waals surface area contributed by atoms with Crippen molar-refractivity contribution in [1.29, 1.82) is 0 Å². The maximum atomic E-state index is 12.2. The summed E-state index contributed by atoms with van der Waals surface area (Å²) in [7, 11) is 0. The summed E-state index contributed by atoms with van der Waals surface area (Å²) in [6, 6.07) is 0. The number of fused-ring (bicyclic) bond motifs is 1. The van der Waals surface area contributed by atoms with Gasteiger partial charge in [0.15, 0.2) is 0 Å². The molecule has 1 saturated carbocycles. The SMILES string of the molecule is O=C(OC[C@@H]1CO1)[C@H]1C[C@H]2O[C@H]2C[C@H]1C(=O)OC[C@@H]1CO1. The molecule has 0 radical (unpaired) electrons. The fourth-order valence-electron chi connectivity index (χ4n) is 2.84. The summed E-state index contributed by atoms with van der Waals surface area (Å²) in [5.41, 5.74) is 0. The van der Waals surface area contributed by atoms with Gasteiger partial charge >= 0.3 is 11.9 Å². The highest BCUT2D eigenvalue weighted by Crippen LogP contribution is 2.44. The highest BCUT2D eigenvalue weighted by atomic mass is 16.6. The molecule has 0 N–H and O–H groups in total. The Balaban J connectivity index is 1.35. The van der Waals surface area contributed by atoms with Crippen molar-refractivity contribution in [2.24, 2.45) is 11.8 Å². The van der Waals surface area contributed by atoms with E-state index in [9.17, 15) is 9.59 Å². The Morgan fingerprint density at radius 3 is 1.67 bits per heavy atom. The molecular formula is C14H18O7. The Morgan fingerprint density at radius 1 is 0.857 bits per heavy atom. The van der Waals surface area contributed by atoms with E-state index >= 15 is 0 Å². The molecule has 0 unspecified atom stereocenters. The van der Waals surface area contributed by atoms with Gasteiger partial charge in [0.25, 0.3) is 0 Å². The monoisotopic (exact) mass is 298 g/mol. The molecule has 21 heavy (non-hydrogen) atoms. The van der Waals surface area contributed by atoms with E-state index in [1.807, 2.05) is 0 Å². The third-order valence-corrected chi connectivity index (χ3v) is 4.38. The Labute approximate surface area is 121 Å². The van der Waals surface area contributed by atoms with Gasteiger partial charge in [0.2, 0.25) is 0 Å². The second-order valence-corrected chi connectivity index (χ2v) is 6.07. The van der Waals surface area contributed by atoms with Crippen LogP contribution in [0.2, 0.25) is 0 Å². The van der Waals surface area contributed by atoms with E-state index in [0.29, 0.717) is 26.1 Å². The molecule has 3 heterocycles. The van der Waals surface area contributed by atoms with E-state index in [2.05, 4.69) is 0 Å². The molecule has 7 nitrogen and oxygen atoms in total. The second kappa shape index (κ2) is 5.23. The van der Waals surface area contributed by atoms with Gasteiger partial charge in [-0.15, -0.1) is 0 Å². The van der Waals surface area contributed by atoms with Crippen molar-refractivity contribution in [3.05, 3.63) is 0 Å². The molecule has 0 amide bonds. The van der Waals surface area contributed by atoms with Gasteiger partial charge in [0.05, 0.1) is 37.3 Å². The lowest BCUT2D eigenvalue weighted by Crippen LogP contribution is -2.38. The van der Waals surface area contributed by atoms with Crippen molar-refractivity contribution in [2.45, 2.75) is 37.3 Å². The van der Waals surface area contributed by atoms with Crippen LogP contribution in [0.15, 0.2) is 0 Å². The Bertz CT molecular complexity index is 403. The summed E-state index contributed by atoms with van der Waals surface area (Å²) in [5.74, 6) is -1.63. The van der Waals surface area contributed by atoms with Gasteiger partial charge in [-0.05, 0) is 12.8 Å². The molecule has 0 spiro atoms. The lowest BCUT2D eigenvalue weighted by molar-refractivity contribution is -0.162. The lowest BCUT2D eigenvalue weighted by atomic mass is 9.79. The third kappa shape index (κ3) is 3.20. The molecule has 4 fully saturated rings. The molecule has 1 aliphatic carbocycles. The molecule has 116 valence electrons. The van der Waals surface area contributed by atoms with Crippen LogP contribution in [0, 0.1) is 11.8 Å². The first-order chi connectivity index (χ1) is 10.2. The topological polar surface area (TPSA) is 90.2 Å². The van der Waals surface area contributed by atoms with E-state index in [1.165, 1.54) is 0 Å². The van der Waals surface area contributed by atoms with Crippen molar-refractivity contribution in [2.75, 3.05) is 26.4 Å². The number of epoxide rings is 3. The molecule has 0 aromatic heterocycles. The summed E-state index contributed by atoms with van der Waals surface area (Å²) >= 11 is 0. The van der Waals surface area contributed by atoms with Gasteiger partial charge in [-0.2, -0.15) is 0 Å². The first-order valence-electron chi connectivity index (χ1n) is 7.42. The second-order valence-electron chi connectivity index (χ2n) is 6.07. The van der Waals surface area contributed by atoms with Crippen molar-refractivity contribution in [3.63, 3.8) is 0 Å². The Hall–Kier alpha value is -1.18. The van der Waals surface area contributed by atoms with E-state index in [4.69, 9.17) is 23.7 Å². The summed E-state index contributed by atoms with van der Waals surface area (Å²) in [5, 5.41) is 0. The van der Waals surface area contributed by atoms with E-state index in [0.717, 1.165) is 0 Å². The van der Waals surface area contributed by atoms with Crippen molar-refractivity contribution < 1.29 is 33.3 Å². The third-order valence-electron chi connectivity index (χ3n) is 4.38. The summed E-state index contributed by atoms with van der Waals surface area (Å²) < 4.78 is 26.0. The zero-order chi connectivity index (χ0) is 14.4. The average Bonchev–Trinajstić information content (AvgIpc) is 3.37. The van der Waals surface area contributed by atoms with Gasteiger partial charge < -0.3 is 23.7 Å². The Morgan fingerprint density at radius 2 is 1.29 bits per heavy atom. The van der Waals surface area contributed by atoms with Crippen LogP contribution in [-0.2, 0) is 33.3 Å². The number of rotatable bonds is 6. The minimum absolute atomic E-state index is 0.0277. The largest absolute Gasteiger partial charge is 0.463 e. The van der Waals surface area contributed by atoms with Crippen LogP contribution in [0.1, 0.15) is 12.8 Å². The van der Waals surface area contributed by atoms with Crippen LogP contribution in [0.4, 0.5) is 0 Å². The molecule has 0 aromatic carbocycles. The maximum Gasteiger partial charge on any atom is 0.310 e. The number of hydrogen-bond donors (Lipinski definition) is 0. The van der Waals surface area contributed by atoms with Crippen molar-refractivity contribution in [3.8, 4) is 0 Å². The summed E-state index contributed by atoms with van der Waals surface area (Å²) in [6.45, 7) is 1.81. The molecule has 3 aliphatic heterocycles. The smallest absolute Gasteiger partial charge is 0.310 e. The fourth-order valence-corrected chi connectivity index (χ4v) is 2.84. The predicted molar refractivity (Wildman–Crippen MR) is 66.3 cm³/mol. The molecule has 3 saturated heterocycles. The minimum Gasteiger partial charge on any atom is -0.463 e. The van der Waals surface area contributed by atoms with E-state index < -0.39 is 11.8 Å². The Kier molecular flexibility index (Phi) is 3.35. The van der Waals surface area contributed by atoms with Crippen molar-refractivity contribution in [1.82, 2.24) is 0 Å². The standard InChI is InChI=1S/C14H18O7/c15-13(19-5-7-3-17-7)9-1-11-12(21-11)2-10(9)14(16)20-6-8-4-18-8/h7-12H,1-6H2/t7-,8-,9-,10+,11+,12-/m0/s1. The molecule has 0 aromatic rings. The van der Waals surface area contributed by atoms with Crippen LogP contribution in [0.5, 0.6) is 0 Å². The molecule has 6 atom stereocenters. The summed E-state index contributed by atoms with van der Waals surface area (Å²) in [4.78, 5) is 24.4. The van der Waals surface area contributed by atoms with Crippen LogP contribution in [-0.4, -0.2) is 62.8 Å². The van der Waals surface area contributed by atoms with Gasteiger partial charge in [-0.25, -0.2) is 0 Å². The van der Waals surface area contributed by atoms with Gasteiger partial charge in [-0.3, -0.25) is 9.59 Å². The molecule has 4 aliphatic rings. The first kappa shape index (κ1) is 13.5. The van der Waals surface area contributed by atoms with Crippen LogP contribution in [0.25, 0.3) is 0 Å². The number of carbonyl (C=O) groups excluding carboxylic acids is 2. The molecule has 4 rings (SSSR count). The quantitative estimate of drug-likeness (QED) is 0.489. The highest BCUT2D eigenvalue weighted by molar-refractivity contribution is 5.82. The van der Waals surface area contributed by atoms with E-state index in [1.54, 1.807) is 0 Å². The van der Waals surface area contributed by atoms with Gasteiger partial charge in [0.1, 0.15) is 25.4 Å². The van der Waals surface area contributed by atoms with Crippen LogP contribution < -0.4 is 0 Å². The highest BCUT2D eigenvalue weighted by Gasteiger charge is 2.53.